The summed E-state index contributed by atoms with van der Waals surface area (Å²) in [6.45, 7) is 9.86. The van der Waals surface area contributed by atoms with E-state index in [0.29, 0.717) is 11.5 Å². The van der Waals surface area contributed by atoms with Gasteiger partial charge in [-0.1, -0.05) is 39.5 Å². The maximum atomic E-state index is 4.58. The molecular weight excluding hydrogens is 192 g/mol. The molecule has 0 saturated carbocycles. The molecule has 1 heterocycles. The molecule has 82 valence electrons. The van der Waals surface area contributed by atoms with Crippen molar-refractivity contribution in [2.45, 2.75) is 46.1 Å². The molecule has 1 rings (SSSR count). The highest BCUT2D eigenvalue weighted by Gasteiger charge is 2.33. The van der Waals surface area contributed by atoms with Crippen molar-refractivity contribution >= 4 is 16.9 Å². The van der Waals surface area contributed by atoms with Gasteiger partial charge in [-0.05, 0) is 18.8 Å². The molecule has 3 heteroatoms. The minimum absolute atomic E-state index is 0.320. The van der Waals surface area contributed by atoms with Gasteiger partial charge in [-0.25, -0.2) is 0 Å². The first kappa shape index (κ1) is 11.9. The Hall–Kier alpha value is -0.180. The Morgan fingerprint density at radius 3 is 2.50 bits per heavy atom. The van der Waals surface area contributed by atoms with Crippen molar-refractivity contribution in [2.24, 2.45) is 10.9 Å². The fourth-order valence-corrected chi connectivity index (χ4v) is 2.83. The number of hydrogen-bond acceptors (Lipinski definition) is 2. The summed E-state index contributed by atoms with van der Waals surface area (Å²) in [5, 5.41) is 4.73. The van der Waals surface area contributed by atoms with E-state index in [9.17, 15) is 0 Å². The van der Waals surface area contributed by atoms with Gasteiger partial charge in [0.1, 0.15) is 0 Å². The Morgan fingerprint density at radius 2 is 2.07 bits per heavy atom. The minimum atomic E-state index is 0.320. The number of nitrogens with one attached hydrogen (secondary N) is 1. The average molecular weight is 214 g/mol. The Bertz CT molecular complexity index is 207. The molecule has 0 aromatic rings. The van der Waals surface area contributed by atoms with Crippen LogP contribution in [0.2, 0.25) is 0 Å². The molecule has 0 amide bonds. The van der Waals surface area contributed by atoms with Gasteiger partial charge in [0.25, 0.3) is 0 Å². The first-order valence-electron chi connectivity index (χ1n) is 5.57. The molecule has 14 heavy (non-hydrogen) atoms. The highest BCUT2D eigenvalue weighted by Crippen LogP contribution is 2.28. The molecule has 1 aliphatic rings. The summed E-state index contributed by atoms with van der Waals surface area (Å²) in [4.78, 5) is 4.58. The zero-order valence-corrected chi connectivity index (χ0v) is 10.6. The standard InChI is InChI=1S/C11H22N2S/c1-5-11(6-2)8-14-10(13-11)12-7-9(3)4/h9H,5-8H2,1-4H3,(H,12,13). The van der Waals surface area contributed by atoms with Crippen molar-refractivity contribution in [3.8, 4) is 0 Å². The van der Waals surface area contributed by atoms with E-state index in [2.05, 4.69) is 38.0 Å². The summed E-state index contributed by atoms with van der Waals surface area (Å²) < 4.78 is 0. The molecular formula is C11H22N2S. The van der Waals surface area contributed by atoms with Crippen LogP contribution in [0.3, 0.4) is 0 Å². The summed E-state index contributed by atoms with van der Waals surface area (Å²) in [6.07, 6.45) is 2.38. The van der Waals surface area contributed by atoms with E-state index in [1.165, 1.54) is 18.6 Å². The summed E-state index contributed by atoms with van der Waals surface area (Å²) in [7, 11) is 0. The lowest BCUT2D eigenvalue weighted by molar-refractivity contribution is 0.407. The normalized spacial score (nSPS) is 23.1. The maximum Gasteiger partial charge on any atom is 0.157 e. The highest BCUT2D eigenvalue weighted by molar-refractivity contribution is 8.14. The van der Waals surface area contributed by atoms with Crippen LogP contribution in [0, 0.1) is 5.92 Å². The van der Waals surface area contributed by atoms with E-state index < -0.39 is 0 Å². The number of hydrogen-bond donors (Lipinski definition) is 1. The molecule has 2 nitrogen and oxygen atoms in total. The third-order valence-electron chi connectivity index (χ3n) is 2.81. The Kier molecular flexibility index (Phi) is 4.30. The van der Waals surface area contributed by atoms with Gasteiger partial charge in [-0.3, -0.25) is 4.99 Å². The number of nitrogens with zero attached hydrogens (tertiary/aromatic N) is 1. The van der Waals surface area contributed by atoms with Crippen molar-refractivity contribution in [1.29, 1.82) is 0 Å². The lowest BCUT2D eigenvalue weighted by Crippen LogP contribution is -2.42. The number of amidine groups is 1. The van der Waals surface area contributed by atoms with Crippen LogP contribution in [0.1, 0.15) is 40.5 Å². The van der Waals surface area contributed by atoms with Gasteiger partial charge in [-0.2, -0.15) is 0 Å². The maximum absolute atomic E-state index is 4.58. The van der Waals surface area contributed by atoms with E-state index in [1.807, 2.05) is 11.8 Å². The van der Waals surface area contributed by atoms with E-state index in [1.54, 1.807) is 0 Å². The quantitative estimate of drug-likeness (QED) is 0.778. The Morgan fingerprint density at radius 1 is 1.43 bits per heavy atom. The van der Waals surface area contributed by atoms with Crippen molar-refractivity contribution in [3.05, 3.63) is 0 Å². The first-order valence-corrected chi connectivity index (χ1v) is 6.56. The van der Waals surface area contributed by atoms with Crippen molar-refractivity contribution in [1.82, 2.24) is 5.32 Å². The second kappa shape index (κ2) is 5.06. The summed E-state index contributed by atoms with van der Waals surface area (Å²) in [5.41, 5.74) is 0.320. The molecule has 1 aliphatic heterocycles. The van der Waals surface area contributed by atoms with Gasteiger partial charge in [0.15, 0.2) is 5.17 Å². The molecule has 0 aliphatic carbocycles. The van der Waals surface area contributed by atoms with E-state index in [4.69, 9.17) is 0 Å². The summed E-state index contributed by atoms with van der Waals surface area (Å²) in [6, 6.07) is 0. The minimum Gasteiger partial charge on any atom is -0.359 e. The van der Waals surface area contributed by atoms with Crippen LogP contribution in [-0.2, 0) is 0 Å². The zero-order chi connectivity index (χ0) is 10.6. The first-order chi connectivity index (χ1) is 6.62. The van der Waals surface area contributed by atoms with E-state index >= 15 is 0 Å². The third-order valence-corrected chi connectivity index (χ3v) is 4.01. The molecule has 1 N–H and O–H groups in total. The van der Waals surface area contributed by atoms with Crippen LogP contribution in [0.25, 0.3) is 0 Å². The Labute approximate surface area is 92.0 Å². The summed E-state index contributed by atoms with van der Waals surface area (Å²) >= 11 is 1.88. The van der Waals surface area contributed by atoms with Crippen LogP contribution in [0.15, 0.2) is 4.99 Å². The van der Waals surface area contributed by atoms with E-state index in [0.717, 1.165) is 11.7 Å². The van der Waals surface area contributed by atoms with Crippen LogP contribution in [0.5, 0.6) is 0 Å². The van der Waals surface area contributed by atoms with Crippen LogP contribution >= 0.6 is 11.8 Å². The molecule has 0 spiro atoms. The van der Waals surface area contributed by atoms with Gasteiger partial charge in [0.2, 0.25) is 0 Å². The predicted molar refractivity (Wildman–Crippen MR) is 66.0 cm³/mol. The SMILES string of the molecule is CCC1(CC)CSC(=NCC(C)C)N1. The van der Waals surface area contributed by atoms with Gasteiger partial charge in [0.05, 0.1) is 0 Å². The third kappa shape index (κ3) is 2.91. The highest BCUT2D eigenvalue weighted by atomic mass is 32.2. The van der Waals surface area contributed by atoms with Gasteiger partial charge < -0.3 is 5.32 Å². The molecule has 1 fully saturated rings. The number of thioether (sulfide) groups is 1. The topological polar surface area (TPSA) is 24.4 Å². The average Bonchev–Trinajstić information content (AvgIpc) is 2.59. The number of rotatable bonds is 4. The largest absolute Gasteiger partial charge is 0.359 e. The van der Waals surface area contributed by atoms with Gasteiger partial charge >= 0.3 is 0 Å². The summed E-state index contributed by atoms with van der Waals surface area (Å²) in [5.74, 6) is 1.83. The molecule has 0 radical (unpaired) electrons. The van der Waals surface area contributed by atoms with Gasteiger partial charge in [0, 0.05) is 17.8 Å². The van der Waals surface area contributed by atoms with Crippen molar-refractivity contribution < 1.29 is 0 Å². The molecule has 0 aromatic carbocycles. The predicted octanol–water partition coefficient (Wildman–Crippen LogP) is 2.89. The fraction of sp³-hybridized carbons (Fsp3) is 0.909. The van der Waals surface area contributed by atoms with Crippen LogP contribution in [0.4, 0.5) is 0 Å². The lowest BCUT2D eigenvalue weighted by atomic mass is 9.96. The molecule has 1 saturated heterocycles. The van der Waals surface area contributed by atoms with Gasteiger partial charge in [-0.15, -0.1) is 0 Å². The monoisotopic (exact) mass is 214 g/mol. The molecule has 0 aromatic heterocycles. The van der Waals surface area contributed by atoms with E-state index in [-0.39, 0.29) is 0 Å². The second-order valence-corrected chi connectivity index (χ2v) is 5.40. The second-order valence-electron chi connectivity index (χ2n) is 4.44. The lowest BCUT2D eigenvalue weighted by Gasteiger charge is -2.25. The molecule has 0 bridgehead atoms. The van der Waals surface area contributed by atoms with Crippen molar-refractivity contribution in [3.63, 3.8) is 0 Å². The fourth-order valence-electron chi connectivity index (χ4n) is 1.49. The smallest absolute Gasteiger partial charge is 0.157 e. The number of aliphatic imine (C=N–C) groups is 1. The molecule has 0 unspecified atom stereocenters. The molecule has 0 atom stereocenters. The zero-order valence-electron chi connectivity index (χ0n) is 9.76. The van der Waals surface area contributed by atoms with Crippen LogP contribution < -0.4 is 5.32 Å². The van der Waals surface area contributed by atoms with Crippen molar-refractivity contribution in [2.75, 3.05) is 12.3 Å². The Balaban J connectivity index is 2.51. The van der Waals surface area contributed by atoms with Crippen LogP contribution in [-0.4, -0.2) is 23.0 Å².